The fourth-order valence-corrected chi connectivity index (χ4v) is 6.73. The largest absolute Gasteiger partial charge is 0.435 e. The Hall–Kier alpha value is -2.59. The maximum absolute atomic E-state index is 14.0. The van der Waals surface area contributed by atoms with Crippen molar-refractivity contribution < 1.29 is 22.4 Å². The van der Waals surface area contributed by atoms with Gasteiger partial charge in [-0.3, -0.25) is 14.9 Å². The topological polar surface area (TPSA) is 80.6 Å². The van der Waals surface area contributed by atoms with E-state index in [1.807, 2.05) is 28.5 Å². The van der Waals surface area contributed by atoms with Crippen LogP contribution in [-0.2, 0) is 24.1 Å². The van der Waals surface area contributed by atoms with Crippen LogP contribution in [0.5, 0.6) is 0 Å². The maximum atomic E-state index is 14.0. The molecule has 0 spiro atoms. The van der Waals surface area contributed by atoms with E-state index in [1.165, 1.54) is 10.9 Å². The Bertz CT molecular complexity index is 1210. The fourth-order valence-electron chi connectivity index (χ4n) is 6.73. The van der Waals surface area contributed by atoms with Gasteiger partial charge in [0.05, 0.1) is 0 Å². The van der Waals surface area contributed by atoms with Crippen LogP contribution in [0.25, 0.3) is 0 Å². The Labute approximate surface area is 226 Å². The summed E-state index contributed by atoms with van der Waals surface area (Å²) in [4.78, 5) is 13.4. The average molecular weight is 553 g/mol. The number of rotatable bonds is 8. The lowest BCUT2D eigenvalue weighted by Crippen LogP contribution is -2.40. The molecule has 3 saturated carbocycles. The zero-order valence-corrected chi connectivity index (χ0v) is 22.8. The summed E-state index contributed by atoms with van der Waals surface area (Å²) < 4.78 is 60.9. The van der Waals surface area contributed by atoms with E-state index >= 15 is 0 Å². The molecule has 2 aromatic rings. The minimum absolute atomic E-state index is 0.0287. The maximum Gasteiger partial charge on any atom is 0.435 e. The van der Waals surface area contributed by atoms with E-state index in [0.717, 1.165) is 25.7 Å². The van der Waals surface area contributed by atoms with Gasteiger partial charge >= 0.3 is 6.18 Å². The van der Waals surface area contributed by atoms with Crippen molar-refractivity contribution in [2.24, 2.45) is 23.7 Å². The Morgan fingerprint density at radius 2 is 1.87 bits per heavy atom. The van der Waals surface area contributed by atoms with Crippen molar-refractivity contribution in [1.82, 2.24) is 24.2 Å². The number of nitrogens with one attached hydrogen (secondary N) is 2. The molecule has 0 saturated heterocycles. The van der Waals surface area contributed by atoms with E-state index in [-0.39, 0.29) is 29.2 Å². The molecule has 216 valence electrons. The number of halogens is 4. The molecule has 3 aliphatic carbocycles. The standard InChI is InChI=1S/C28H40F4N6O/c1-3-37-16-23(25(35-37)28(30,31)32)20-11-19(15-36-8-9-38(27(36)33)22-5-6-22)12-21(13-20)26(39)34-14-18-4-7-24(29)17(2)10-18/h8-9,16-22,24,33H,3-7,10-15H2,1-2H3,(H,34,39). The normalized spacial score (nSPS) is 29.9. The Kier molecular flexibility index (Phi) is 7.97. The van der Waals surface area contributed by atoms with Crippen molar-refractivity contribution in [2.75, 3.05) is 6.54 Å². The molecule has 11 heteroatoms. The zero-order valence-electron chi connectivity index (χ0n) is 22.8. The van der Waals surface area contributed by atoms with Crippen molar-refractivity contribution >= 4 is 5.91 Å². The van der Waals surface area contributed by atoms with E-state index in [0.29, 0.717) is 57.0 Å². The van der Waals surface area contributed by atoms with Crippen molar-refractivity contribution in [3.05, 3.63) is 35.5 Å². The molecule has 7 nitrogen and oxygen atoms in total. The highest BCUT2D eigenvalue weighted by Crippen LogP contribution is 2.44. The van der Waals surface area contributed by atoms with Gasteiger partial charge in [0.25, 0.3) is 0 Å². The summed E-state index contributed by atoms with van der Waals surface area (Å²) in [6.07, 6.45) is 5.37. The number of amides is 1. The predicted octanol–water partition coefficient (Wildman–Crippen LogP) is 5.43. The molecule has 6 atom stereocenters. The molecule has 3 aliphatic rings. The molecule has 39 heavy (non-hydrogen) atoms. The van der Waals surface area contributed by atoms with Gasteiger partial charge in [-0.05, 0) is 82.0 Å². The fraction of sp³-hybridized carbons (Fsp3) is 0.750. The molecular weight excluding hydrogens is 512 g/mol. The van der Waals surface area contributed by atoms with E-state index < -0.39 is 29.9 Å². The van der Waals surface area contributed by atoms with Gasteiger partial charge in [-0.25, -0.2) is 4.39 Å². The monoisotopic (exact) mass is 552 g/mol. The molecular formula is C28H40F4N6O. The van der Waals surface area contributed by atoms with Crippen molar-refractivity contribution in [2.45, 2.75) is 103 Å². The predicted molar refractivity (Wildman–Crippen MR) is 137 cm³/mol. The number of alkyl halides is 4. The summed E-state index contributed by atoms with van der Waals surface area (Å²) in [6, 6.07) is 0.362. The van der Waals surface area contributed by atoms with Gasteiger partial charge in [0.2, 0.25) is 11.5 Å². The van der Waals surface area contributed by atoms with Crippen molar-refractivity contribution in [3.63, 3.8) is 0 Å². The van der Waals surface area contributed by atoms with Crippen molar-refractivity contribution in [1.29, 1.82) is 5.41 Å². The summed E-state index contributed by atoms with van der Waals surface area (Å²) in [5.41, 5.74) is -0.304. The number of hydrogen-bond acceptors (Lipinski definition) is 3. The minimum Gasteiger partial charge on any atom is -0.356 e. The highest BCUT2D eigenvalue weighted by molar-refractivity contribution is 5.78. The first kappa shape index (κ1) is 28.0. The lowest BCUT2D eigenvalue weighted by atomic mass is 9.72. The molecule has 2 N–H and O–H groups in total. The number of carbonyl (C=O) groups excluding carboxylic acids is 1. The van der Waals surface area contributed by atoms with Crippen LogP contribution in [-0.4, -0.2) is 37.5 Å². The van der Waals surface area contributed by atoms with E-state index in [2.05, 4.69) is 10.4 Å². The quantitative estimate of drug-likeness (QED) is 0.429. The summed E-state index contributed by atoms with van der Waals surface area (Å²) in [5, 5.41) is 15.5. The third-order valence-electron chi connectivity index (χ3n) is 9.06. The van der Waals surface area contributed by atoms with Gasteiger partial charge < -0.3 is 14.5 Å². The van der Waals surface area contributed by atoms with Crippen LogP contribution in [0.2, 0.25) is 0 Å². The van der Waals surface area contributed by atoms with Gasteiger partial charge in [0, 0.05) is 55.7 Å². The van der Waals surface area contributed by atoms with Crippen LogP contribution in [0.1, 0.15) is 88.4 Å². The molecule has 0 bridgehead atoms. The molecule has 5 rings (SSSR count). The van der Waals surface area contributed by atoms with Gasteiger partial charge in [-0.15, -0.1) is 0 Å². The van der Waals surface area contributed by atoms with Crippen LogP contribution in [0.3, 0.4) is 0 Å². The molecule has 2 heterocycles. The second kappa shape index (κ2) is 11.1. The first-order valence-corrected chi connectivity index (χ1v) is 14.4. The summed E-state index contributed by atoms with van der Waals surface area (Å²) in [7, 11) is 0. The molecule has 3 fully saturated rings. The lowest BCUT2D eigenvalue weighted by molar-refractivity contribution is -0.142. The number of aryl methyl sites for hydroxylation is 1. The number of nitrogens with zero attached hydrogens (tertiary/aromatic N) is 4. The van der Waals surface area contributed by atoms with Crippen LogP contribution < -0.4 is 10.9 Å². The molecule has 2 aromatic heterocycles. The summed E-state index contributed by atoms with van der Waals surface area (Å²) in [6.45, 7) is 4.94. The molecule has 0 aromatic carbocycles. The number of carbonyl (C=O) groups is 1. The Balaban J connectivity index is 1.35. The first-order valence-electron chi connectivity index (χ1n) is 14.4. The third-order valence-corrected chi connectivity index (χ3v) is 9.06. The first-order chi connectivity index (χ1) is 18.5. The van der Waals surface area contributed by atoms with E-state index in [9.17, 15) is 22.4 Å². The Morgan fingerprint density at radius 3 is 2.54 bits per heavy atom. The summed E-state index contributed by atoms with van der Waals surface area (Å²) in [5.74, 6) is -0.901. The smallest absolute Gasteiger partial charge is 0.356 e. The Morgan fingerprint density at radius 1 is 1.10 bits per heavy atom. The van der Waals surface area contributed by atoms with Crippen LogP contribution >= 0.6 is 0 Å². The SMILES string of the molecule is CCn1cc(C2CC(Cn3ccn(C4CC4)c3=N)CC(C(=O)NCC3CCC(F)C(C)C3)C2)c(C(F)(F)F)n1. The average Bonchev–Trinajstić information content (AvgIpc) is 3.53. The lowest BCUT2D eigenvalue weighted by Gasteiger charge is -2.35. The van der Waals surface area contributed by atoms with Crippen LogP contribution in [0, 0.1) is 29.1 Å². The highest BCUT2D eigenvalue weighted by Gasteiger charge is 2.42. The molecule has 1 amide bonds. The van der Waals surface area contributed by atoms with Crippen LogP contribution in [0.4, 0.5) is 17.6 Å². The second-order valence-corrected chi connectivity index (χ2v) is 12.1. The van der Waals surface area contributed by atoms with Gasteiger partial charge in [-0.1, -0.05) is 6.92 Å². The van der Waals surface area contributed by atoms with E-state index in [1.54, 1.807) is 6.92 Å². The van der Waals surface area contributed by atoms with Gasteiger partial charge in [0.1, 0.15) is 6.17 Å². The second-order valence-electron chi connectivity index (χ2n) is 12.1. The zero-order chi connectivity index (χ0) is 27.9. The molecule has 6 unspecified atom stereocenters. The van der Waals surface area contributed by atoms with Crippen molar-refractivity contribution in [3.8, 4) is 0 Å². The minimum atomic E-state index is -4.57. The third kappa shape index (κ3) is 6.27. The van der Waals surface area contributed by atoms with Crippen LogP contribution in [0.15, 0.2) is 18.6 Å². The molecule has 0 aliphatic heterocycles. The van der Waals surface area contributed by atoms with E-state index in [4.69, 9.17) is 5.41 Å². The number of hydrogen-bond donors (Lipinski definition) is 2. The summed E-state index contributed by atoms with van der Waals surface area (Å²) >= 11 is 0. The highest BCUT2D eigenvalue weighted by atomic mass is 19.4. The molecule has 0 radical (unpaired) electrons. The number of imidazole rings is 1. The van der Waals surface area contributed by atoms with Gasteiger partial charge in [0.15, 0.2) is 5.69 Å². The number of aromatic nitrogens is 4. The van der Waals surface area contributed by atoms with Gasteiger partial charge in [-0.2, -0.15) is 18.3 Å².